The molecular weight excluding hydrogens is 216 g/mol. The van der Waals surface area contributed by atoms with Crippen molar-refractivity contribution in [2.45, 2.75) is 26.2 Å². The first kappa shape index (κ1) is 12.6. The van der Waals surface area contributed by atoms with Crippen LogP contribution in [-0.4, -0.2) is 0 Å². The lowest BCUT2D eigenvalue weighted by Crippen LogP contribution is -1.92. The maximum absolute atomic E-state index is 4.19. The normalized spacial score (nSPS) is 12.1. The van der Waals surface area contributed by atoms with Gasteiger partial charge >= 0.3 is 0 Å². The van der Waals surface area contributed by atoms with Crippen molar-refractivity contribution in [1.29, 1.82) is 0 Å². The third-order valence-corrected chi connectivity index (χ3v) is 3.56. The summed E-state index contributed by atoms with van der Waals surface area (Å²) >= 11 is 0. The Morgan fingerprint density at radius 3 is 2.06 bits per heavy atom. The molecule has 0 aliphatic rings. The van der Waals surface area contributed by atoms with Crippen LogP contribution in [0.1, 0.15) is 42.9 Å². The first-order valence-corrected chi connectivity index (χ1v) is 6.57. The molecule has 0 nitrogen and oxygen atoms in total. The summed E-state index contributed by atoms with van der Waals surface area (Å²) in [6.07, 6.45) is 1.18. The zero-order chi connectivity index (χ0) is 13.0. The van der Waals surface area contributed by atoms with E-state index in [4.69, 9.17) is 0 Å². The summed E-state index contributed by atoms with van der Waals surface area (Å²) in [5.41, 5.74) is 4.88. The van der Waals surface area contributed by atoms with E-state index in [1.807, 2.05) is 18.2 Å². The van der Waals surface area contributed by atoms with Crippen LogP contribution in [0.15, 0.2) is 61.2 Å². The van der Waals surface area contributed by atoms with Crippen molar-refractivity contribution < 1.29 is 0 Å². The molecule has 0 saturated carbocycles. The van der Waals surface area contributed by atoms with E-state index in [1.54, 1.807) is 0 Å². The van der Waals surface area contributed by atoms with Crippen molar-refractivity contribution in [2.24, 2.45) is 0 Å². The van der Waals surface area contributed by atoms with Crippen LogP contribution in [0.5, 0.6) is 0 Å². The van der Waals surface area contributed by atoms with Gasteiger partial charge in [-0.25, -0.2) is 0 Å². The molecule has 1 atom stereocenters. The molecule has 0 spiro atoms. The van der Waals surface area contributed by atoms with Crippen LogP contribution in [-0.2, 0) is 0 Å². The van der Waals surface area contributed by atoms with E-state index in [1.165, 1.54) is 23.1 Å². The molecule has 0 bridgehead atoms. The van der Waals surface area contributed by atoms with Gasteiger partial charge in [0.1, 0.15) is 0 Å². The molecule has 2 aromatic carbocycles. The van der Waals surface area contributed by atoms with Crippen molar-refractivity contribution in [3.8, 4) is 0 Å². The molecular formula is C18H20. The predicted octanol–water partition coefficient (Wildman–Crippen LogP) is 5.26. The molecule has 2 rings (SSSR count). The quantitative estimate of drug-likeness (QED) is 0.679. The maximum Gasteiger partial charge on any atom is -0.0183 e. The molecule has 2 aromatic rings. The van der Waals surface area contributed by atoms with Gasteiger partial charge in [0.2, 0.25) is 0 Å². The topological polar surface area (TPSA) is 0 Å². The zero-order valence-corrected chi connectivity index (χ0v) is 11.2. The molecule has 0 fully saturated rings. The molecule has 0 heterocycles. The van der Waals surface area contributed by atoms with Gasteiger partial charge in [-0.1, -0.05) is 75.0 Å². The fraction of sp³-hybridized carbons (Fsp3) is 0.222. The Morgan fingerprint density at radius 1 is 0.944 bits per heavy atom. The Bertz CT molecular complexity index is 505. The van der Waals surface area contributed by atoms with E-state index >= 15 is 0 Å². The minimum atomic E-state index is 0.629. The van der Waals surface area contributed by atoms with Crippen LogP contribution in [0.3, 0.4) is 0 Å². The van der Waals surface area contributed by atoms with Gasteiger partial charge in [-0.05, 0) is 34.6 Å². The van der Waals surface area contributed by atoms with Gasteiger partial charge in [0.15, 0.2) is 0 Å². The van der Waals surface area contributed by atoms with Gasteiger partial charge in [0.05, 0.1) is 0 Å². The van der Waals surface area contributed by atoms with E-state index in [-0.39, 0.29) is 0 Å². The van der Waals surface area contributed by atoms with Crippen LogP contribution in [0, 0.1) is 0 Å². The van der Waals surface area contributed by atoms with Crippen molar-refractivity contribution in [3.63, 3.8) is 0 Å². The number of rotatable bonds is 4. The third-order valence-electron chi connectivity index (χ3n) is 3.56. The monoisotopic (exact) mass is 236 g/mol. The fourth-order valence-electron chi connectivity index (χ4n) is 2.05. The molecule has 0 aliphatic carbocycles. The van der Waals surface area contributed by atoms with Crippen molar-refractivity contribution >= 4 is 5.57 Å². The Labute approximate surface area is 110 Å². The molecule has 92 valence electrons. The van der Waals surface area contributed by atoms with E-state index in [2.05, 4.69) is 56.8 Å². The smallest absolute Gasteiger partial charge is 0.0183 e. The molecule has 0 amide bonds. The summed E-state index contributed by atoms with van der Waals surface area (Å²) in [5.74, 6) is 0.629. The van der Waals surface area contributed by atoms with Gasteiger partial charge in [0.25, 0.3) is 0 Å². The van der Waals surface area contributed by atoms with Gasteiger partial charge in [-0.2, -0.15) is 0 Å². The van der Waals surface area contributed by atoms with E-state index < -0.39 is 0 Å². The van der Waals surface area contributed by atoms with Crippen molar-refractivity contribution in [3.05, 3.63) is 77.9 Å². The molecule has 0 aromatic heterocycles. The standard InChI is InChI=1S/C18H20/c1-4-14(2)16-10-12-18(13-11-16)15(3)17-8-6-5-7-9-17/h5-14H,3-4H2,1-2H3. The first-order valence-electron chi connectivity index (χ1n) is 6.57. The summed E-state index contributed by atoms with van der Waals surface area (Å²) in [5, 5.41) is 0. The second-order valence-electron chi connectivity index (χ2n) is 4.78. The van der Waals surface area contributed by atoms with Crippen LogP contribution < -0.4 is 0 Å². The van der Waals surface area contributed by atoms with Gasteiger partial charge in [-0.15, -0.1) is 0 Å². The third kappa shape index (κ3) is 2.70. The Balaban J connectivity index is 2.22. The van der Waals surface area contributed by atoms with Gasteiger partial charge in [0, 0.05) is 0 Å². The van der Waals surface area contributed by atoms with Crippen molar-refractivity contribution in [1.82, 2.24) is 0 Å². The lowest BCUT2D eigenvalue weighted by atomic mass is 9.94. The highest BCUT2D eigenvalue weighted by atomic mass is 14.1. The molecule has 0 aliphatic heterocycles. The van der Waals surface area contributed by atoms with Crippen LogP contribution >= 0.6 is 0 Å². The van der Waals surface area contributed by atoms with Crippen molar-refractivity contribution in [2.75, 3.05) is 0 Å². The maximum atomic E-state index is 4.19. The summed E-state index contributed by atoms with van der Waals surface area (Å²) in [6.45, 7) is 8.68. The van der Waals surface area contributed by atoms with Crippen LogP contribution in [0.4, 0.5) is 0 Å². The highest BCUT2D eigenvalue weighted by molar-refractivity contribution is 5.77. The van der Waals surface area contributed by atoms with E-state index in [0.29, 0.717) is 5.92 Å². The molecule has 0 N–H and O–H groups in total. The summed E-state index contributed by atoms with van der Waals surface area (Å²) in [7, 11) is 0. The van der Waals surface area contributed by atoms with E-state index in [9.17, 15) is 0 Å². The predicted molar refractivity (Wildman–Crippen MR) is 79.7 cm³/mol. The fourth-order valence-corrected chi connectivity index (χ4v) is 2.05. The molecule has 18 heavy (non-hydrogen) atoms. The SMILES string of the molecule is C=C(c1ccccc1)c1ccc(C(C)CC)cc1. The number of hydrogen-bond donors (Lipinski definition) is 0. The lowest BCUT2D eigenvalue weighted by Gasteiger charge is -2.11. The summed E-state index contributed by atoms with van der Waals surface area (Å²) in [6, 6.07) is 19.1. The lowest BCUT2D eigenvalue weighted by molar-refractivity contribution is 0.733. The minimum absolute atomic E-state index is 0.629. The summed E-state index contributed by atoms with van der Waals surface area (Å²) < 4.78 is 0. The van der Waals surface area contributed by atoms with Crippen LogP contribution in [0.2, 0.25) is 0 Å². The molecule has 0 radical (unpaired) electrons. The van der Waals surface area contributed by atoms with Gasteiger partial charge < -0.3 is 0 Å². The largest absolute Gasteiger partial charge is 0.0906 e. The molecule has 0 heteroatoms. The second kappa shape index (κ2) is 5.68. The van der Waals surface area contributed by atoms with Gasteiger partial charge in [-0.3, -0.25) is 0 Å². The molecule has 1 unspecified atom stereocenters. The minimum Gasteiger partial charge on any atom is -0.0906 e. The Morgan fingerprint density at radius 2 is 1.50 bits per heavy atom. The average Bonchev–Trinajstić information content (AvgIpc) is 2.47. The molecule has 0 saturated heterocycles. The highest BCUT2D eigenvalue weighted by Crippen LogP contribution is 2.24. The Kier molecular flexibility index (Phi) is 3.99. The van der Waals surface area contributed by atoms with Crippen LogP contribution in [0.25, 0.3) is 5.57 Å². The first-order chi connectivity index (χ1) is 8.72. The average molecular weight is 236 g/mol. The second-order valence-corrected chi connectivity index (χ2v) is 4.78. The number of benzene rings is 2. The highest BCUT2D eigenvalue weighted by Gasteiger charge is 2.05. The summed E-state index contributed by atoms with van der Waals surface area (Å²) in [4.78, 5) is 0. The Hall–Kier alpha value is -1.82. The number of hydrogen-bond acceptors (Lipinski definition) is 0. The zero-order valence-electron chi connectivity index (χ0n) is 11.2. The van der Waals surface area contributed by atoms with E-state index in [0.717, 1.165) is 5.57 Å².